The van der Waals surface area contributed by atoms with Crippen LogP contribution in [-0.2, 0) is 5.75 Å². The maximum atomic E-state index is 6.65. The van der Waals surface area contributed by atoms with Gasteiger partial charge in [0.2, 0.25) is 0 Å². The molecule has 136 valence electrons. The van der Waals surface area contributed by atoms with Gasteiger partial charge in [0, 0.05) is 23.3 Å². The third-order valence-corrected chi connectivity index (χ3v) is 5.95. The summed E-state index contributed by atoms with van der Waals surface area (Å²) in [5.74, 6) is 2.20. The molecule has 26 heavy (non-hydrogen) atoms. The molecular weight excluding hydrogens is 366 g/mol. The minimum atomic E-state index is 0.378. The number of para-hydroxylation sites is 1. The van der Waals surface area contributed by atoms with Crippen LogP contribution in [-0.4, -0.2) is 24.5 Å². The largest absolute Gasteiger partial charge is 0.303 e. The van der Waals surface area contributed by atoms with E-state index in [2.05, 4.69) is 33.7 Å². The van der Waals surface area contributed by atoms with Gasteiger partial charge in [0.15, 0.2) is 5.16 Å². The van der Waals surface area contributed by atoms with Crippen LogP contribution in [0, 0.1) is 6.92 Å². The van der Waals surface area contributed by atoms with Crippen LogP contribution >= 0.6 is 23.4 Å². The lowest BCUT2D eigenvalue weighted by Crippen LogP contribution is -2.04. The van der Waals surface area contributed by atoms with Crippen molar-refractivity contribution in [1.29, 1.82) is 0 Å². The molecule has 0 saturated heterocycles. The molecule has 0 bridgehead atoms. The number of hydrogen-bond donors (Lipinski definition) is 0. The van der Waals surface area contributed by atoms with Gasteiger partial charge in [-0.1, -0.05) is 55.4 Å². The molecule has 0 amide bonds. The van der Waals surface area contributed by atoms with Crippen LogP contribution in [0.15, 0.2) is 35.5 Å². The van der Waals surface area contributed by atoms with Crippen molar-refractivity contribution in [1.82, 2.24) is 24.5 Å². The molecule has 1 fully saturated rings. The first-order valence-corrected chi connectivity index (χ1v) is 10.3. The summed E-state index contributed by atoms with van der Waals surface area (Å²) in [5.41, 5.74) is 2.98. The van der Waals surface area contributed by atoms with Crippen molar-refractivity contribution in [3.05, 3.63) is 52.6 Å². The van der Waals surface area contributed by atoms with E-state index >= 15 is 0 Å². The van der Waals surface area contributed by atoms with Crippen molar-refractivity contribution >= 4 is 23.4 Å². The Hall–Kier alpha value is -1.79. The summed E-state index contributed by atoms with van der Waals surface area (Å²) in [5, 5.41) is 15.1. The van der Waals surface area contributed by atoms with E-state index in [1.807, 2.05) is 37.3 Å². The second-order valence-corrected chi connectivity index (χ2v) is 8.29. The average Bonchev–Trinajstić information content (AvgIpc) is 3.32. The first kappa shape index (κ1) is 17.6. The number of nitrogens with zero attached hydrogens (tertiary/aromatic N) is 5. The molecule has 4 rings (SSSR count). The molecule has 1 aromatic carbocycles. The summed E-state index contributed by atoms with van der Waals surface area (Å²) in [6.45, 7) is 6.34. The number of benzene rings is 1. The van der Waals surface area contributed by atoms with E-state index in [0.29, 0.717) is 17.1 Å². The van der Waals surface area contributed by atoms with E-state index in [9.17, 15) is 0 Å². The molecule has 0 atom stereocenters. The quantitative estimate of drug-likeness (QED) is 0.547. The number of thioether (sulfide) groups is 1. The highest BCUT2D eigenvalue weighted by Gasteiger charge is 2.30. The lowest BCUT2D eigenvalue weighted by molar-refractivity contribution is 0.599. The fourth-order valence-electron chi connectivity index (χ4n) is 3.03. The van der Waals surface area contributed by atoms with Crippen molar-refractivity contribution in [2.75, 3.05) is 0 Å². The SMILES string of the molecule is Cc1nn(-c2ccccc2)c(Cl)c1CSc1nnc(C(C)C)n1C1CC1. The minimum Gasteiger partial charge on any atom is -0.303 e. The summed E-state index contributed by atoms with van der Waals surface area (Å²) >= 11 is 8.34. The lowest BCUT2D eigenvalue weighted by Gasteiger charge is -2.10. The van der Waals surface area contributed by atoms with Gasteiger partial charge < -0.3 is 4.57 Å². The Bertz CT molecular complexity index is 912. The first-order valence-electron chi connectivity index (χ1n) is 8.93. The van der Waals surface area contributed by atoms with Crippen molar-refractivity contribution in [3.63, 3.8) is 0 Å². The van der Waals surface area contributed by atoms with E-state index in [1.54, 1.807) is 16.4 Å². The van der Waals surface area contributed by atoms with Crippen LogP contribution in [0.5, 0.6) is 0 Å². The molecule has 3 aromatic rings. The van der Waals surface area contributed by atoms with E-state index in [0.717, 1.165) is 33.7 Å². The van der Waals surface area contributed by atoms with E-state index in [1.165, 1.54) is 12.8 Å². The minimum absolute atomic E-state index is 0.378. The summed E-state index contributed by atoms with van der Waals surface area (Å²) in [6, 6.07) is 10.5. The van der Waals surface area contributed by atoms with Crippen molar-refractivity contribution in [2.45, 2.75) is 56.5 Å². The predicted molar refractivity (Wildman–Crippen MR) is 105 cm³/mol. The van der Waals surface area contributed by atoms with Gasteiger partial charge in [0.05, 0.1) is 11.4 Å². The lowest BCUT2D eigenvalue weighted by atomic mass is 10.2. The number of rotatable bonds is 6. The number of aryl methyl sites for hydroxylation is 1. The van der Waals surface area contributed by atoms with Crippen LogP contribution in [0.4, 0.5) is 0 Å². The van der Waals surface area contributed by atoms with Crippen LogP contribution in [0.25, 0.3) is 5.69 Å². The van der Waals surface area contributed by atoms with Gasteiger partial charge in [-0.05, 0) is 31.9 Å². The summed E-state index contributed by atoms with van der Waals surface area (Å²) in [4.78, 5) is 0. The van der Waals surface area contributed by atoms with Gasteiger partial charge in [-0.3, -0.25) is 0 Å². The van der Waals surface area contributed by atoms with Gasteiger partial charge in [0.1, 0.15) is 11.0 Å². The second kappa shape index (κ2) is 7.08. The second-order valence-electron chi connectivity index (χ2n) is 6.99. The number of halogens is 1. The monoisotopic (exact) mass is 387 g/mol. The Labute approximate surface area is 162 Å². The normalized spacial score (nSPS) is 14.3. The van der Waals surface area contributed by atoms with Gasteiger partial charge in [-0.2, -0.15) is 5.10 Å². The smallest absolute Gasteiger partial charge is 0.191 e. The third-order valence-electron chi connectivity index (χ3n) is 4.59. The Morgan fingerprint density at radius 3 is 2.58 bits per heavy atom. The summed E-state index contributed by atoms with van der Waals surface area (Å²) < 4.78 is 4.12. The van der Waals surface area contributed by atoms with Crippen molar-refractivity contribution in [2.24, 2.45) is 0 Å². The zero-order valence-corrected chi connectivity index (χ0v) is 16.8. The maximum absolute atomic E-state index is 6.65. The molecule has 5 nitrogen and oxygen atoms in total. The summed E-state index contributed by atoms with van der Waals surface area (Å²) in [7, 11) is 0. The molecule has 0 radical (unpaired) electrons. The zero-order chi connectivity index (χ0) is 18.3. The van der Waals surface area contributed by atoms with E-state index in [-0.39, 0.29) is 0 Å². The molecule has 2 aromatic heterocycles. The molecule has 1 aliphatic rings. The van der Waals surface area contributed by atoms with Crippen LogP contribution in [0.1, 0.15) is 55.7 Å². The third kappa shape index (κ3) is 3.28. The molecular formula is C19H22ClN5S. The first-order chi connectivity index (χ1) is 12.6. The highest BCUT2D eigenvalue weighted by molar-refractivity contribution is 7.98. The standard InChI is InChI=1S/C19H22ClN5S/c1-12(2)18-21-22-19(24(18)14-9-10-14)26-11-16-13(3)23-25(17(16)20)15-7-5-4-6-8-15/h4-8,12,14H,9-11H2,1-3H3. The van der Waals surface area contributed by atoms with Gasteiger partial charge in [0.25, 0.3) is 0 Å². The Morgan fingerprint density at radius 2 is 1.92 bits per heavy atom. The molecule has 1 aliphatic carbocycles. The highest BCUT2D eigenvalue weighted by atomic mass is 35.5. The molecule has 0 spiro atoms. The highest BCUT2D eigenvalue weighted by Crippen LogP contribution is 2.41. The average molecular weight is 388 g/mol. The maximum Gasteiger partial charge on any atom is 0.191 e. The van der Waals surface area contributed by atoms with E-state index < -0.39 is 0 Å². The molecule has 0 unspecified atom stereocenters. The van der Waals surface area contributed by atoms with Crippen LogP contribution in [0.3, 0.4) is 0 Å². The van der Waals surface area contributed by atoms with E-state index in [4.69, 9.17) is 11.6 Å². The van der Waals surface area contributed by atoms with Crippen molar-refractivity contribution in [3.8, 4) is 5.69 Å². The zero-order valence-electron chi connectivity index (χ0n) is 15.2. The van der Waals surface area contributed by atoms with Gasteiger partial charge >= 0.3 is 0 Å². The topological polar surface area (TPSA) is 48.5 Å². The fraction of sp³-hybridized carbons (Fsp3) is 0.421. The Kier molecular flexibility index (Phi) is 4.80. The molecule has 0 aliphatic heterocycles. The van der Waals surface area contributed by atoms with Crippen LogP contribution in [0.2, 0.25) is 5.15 Å². The van der Waals surface area contributed by atoms with Gasteiger partial charge in [-0.25, -0.2) is 4.68 Å². The fourth-order valence-corrected chi connectivity index (χ4v) is 4.55. The number of aromatic nitrogens is 5. The Morgan fingerprint density at radius 1 is 1.19 bits per heavy atom. The summed E-state index contributed by atoms with van der Waals surface area (Å²) in [6.07, 6.45) is 2.44. The van der Waals surface area contributed by atoms with Crippen LogP contribution < -0.4 is 0 Å². The molecule has 1 saturated carbocycles. The van der Waals surface area contributed by atoms with Gasteiger partial charge in [-0.15, -0.1) is 10.2 Å². The molecule has 2 heterocycles. The predicted octanol–water partition coefficient (Wildman–Crippen LogP) is 5.18. The molecule has 7 heteroatoms. The Balaban J connectivity index is 1.59. The molecule has 0 N–H and O–H groups in total. The number of hydrogen-bond acceptors (Lipinski definition) is 4. The van der Waals surface area contributed by atoms with Crippen molar-refractivity contribution < 1.29 is 0 Å².